The normalized spacial score (nSPS) is 29.4. The highest BCUT2D eigenvalue weighted by atomic mass is 16.5. The average molecular weight is 289 g/mol. The van der Waals surface area contributed by atoms with Crippen molar-refractivity contribution in [2.45, 2.75) is 25.9 Å². The van der Waals surface area contributed by atoms with E-state index in [0.29, 0.717) is 12.1 Å². The molecular formula is C17H27N3O. The first-order valence-corrected chi connectivity index (χ1v) is 7.93. The number of aryl methyl sites for hydroxylation is 2. The van der Waals surface area contributed by atoms with Gasteiger partial charge in [0.2, 0.25) is 0 Å². The van der Waals surface area contributed by atoms with Gasteiger partial charge < -0.3 is 10.1 Å². The average Bonchev–Trinajstić information content (AvgIpc) is 2.51. The summed E-state index contributed by atoms with van der Waals surface area (Å²) in [6.45, 7) is 10.3. The van der Waals surface area contributed by atoms with Crippen LogP contribution in [0, 0.1) is 13.8 Å². The van der Waals surface area contributed by atoms with Gasteiger partial charge in [0.15, 0.2) is 0 Å². The summed E-state index contributed by atoms with van der Waals surface area (Å²) >= 11 is 0. The lowest BCUT2D eigenvalue weighted by Gasteiger charge is -2.50. The second-order valence-electron chi connectivity index (χ2n) is 6.37. The van der Waals surface area contributed by atoms with Crippen molar-refractivity contribution in [2.24, 2.45) is 0 Å². The minimum absolute atomic E-state index is 0.323. The molecule has 3 aliphatic heterocycles. The minimum Gasteiger partial charge on any atom is -0.496 e. The monoisotopic (exact) mass is 289 g/mol. The Kier molecular flexibility index (Phi) is 4.20. The van der Waals surface area contributed by atoms with Crippen molar-refractivity contribution >= 4 is 0 Å². The van der Waals surface area contributed by atoms with Gasteiger partial charge in [-0.05, 0) is 38.1 Å². The van der Waals surface area contributed by atoms with Crippen LogP contribution in [0.2, 0.25) is 0 Å². The van der Waals surface area contributed by atoms with E-state index in [1.165, 1.54) is 42.9 Å². The van der Waals surface area contributed by atoms with Crippen LogP contribution in [0.15, 0.2) is 12.1 Å². The van der Waals surface area contributed by atoms with Crippen LogP contribution in [0.1, 0.15) is 22.7 Å². The Hall–Kier alpha value is -1.10. The lowest BCUT2D eigenvalue weighted by Crippen LogP contribution is -2.63. The molecule has 3 saturated heterocycles. The predicted octanol–water partition coefficient (Wildman–Crippen LogP) is 1.57. The zero-order chi connectivity index (χ0) is 15.0. The van der Waals surface area contributed by atoms with Gasteiger partial charge in [0, 0.05) is 44.3 Å². The predicted molar refractivity (Wildman–Crippen MR) is 86.1 cm³/mol. The van der Waals surface area contributed by atoms with E-state index >= 15 is 0 Å². The summed E-state index contributed by atoms with van der Waals surface area (Å²) in [5, 5.41) is 3.56. The smallest absolute Gasteiger partial charge is 0.124 e. The number of methoxy groups -OCH3 is 1. The van der Waals surface area contributed by atoms with Crippen molar-refractivity contribution in [1.82, 2.24) is 15.1 Å². The van der Waals surface area contributed by atoms with E-state index in [2.05, 4.69) is 48.1 Å². The molecule has 3 heterocycles. The number of likely N-dealkylation sites (N-methyl/N-ethyl adjacent to an activating group) is 1. The van der Waals surface area contributed by atoms with Gasteiger partial charge in [0.1, 0.15) is 5.75 Å². The first-order chi connectivity index (χ1) is 10.1. The summed E-state index contributed by atoms with van der Waals surface area (Å²) in [6.07, 6.45) is 0. The molecule has 4 nitrogen and oxygen atoms in total. The van der Waals surface area contributed by atoms with E-state index < -0.39 is 0 Å². The fourth-order valence-corrected chi connectivity index (χ4v) is 4.01. The zero-order valence-electron chi connectivity index (χ0n) is 13.6. The highest BCUT2D eigenvalue weighted by Crippen LogP contribution is 2.35. The van der Waals surface area contributed by atoms with E-state index in [1.807, 2.05) is 0 Å². The molecule has 116 valence electrons. The number of hydrogen-bond acceptors (Lipinski definition) is 4. The third kappa shape index (κ3) is 2.68. The summed E-state index contributed by atoms with van der Waals surface area (Å²) in [4.78, 5) is 5.23. The SMILES string of the molecule is CNC(c1c(C)cc(C)cc1OC)C1CN2CCN1CC2. The summed E-state index contributed by atoms with van der Waals surface area (Å²) in [5.41, 5.74) is 3.91. The lowest BCUT2D eigenvalue weighted by atomic mass is 9.89. The van der Waals surface area contributed by atoms with Crippen LogP contribution in [0.5, 0.6) is 5.75 Å². The number of benzene rings is 1. The largest absolute Gasteiger partial charge is 0.496 e. The van der Waals surface area contributed by atoms with Gasteiger partial charge in [0.05, 0.1) is 13.2 Å². The number of ether oxygens (including phenoxy) is 1. The van der Waals surface area contributed by atoms with Crippen LogP contribution >= 0.6 is 0 Å². The van der Waals surface area contributed by atoms with Gasteiger partial charge in [-0.3, -0.25) is 9.80 Å². The first-order valence-electron chi connectivity index (χ1n) is 7.93. The summed E-state index contributed by atoms with van der Waals surface area (Å²) in [7, 11) is 3.85. The Morgan fingerprint density at radius 2 is 1.90 bits per heavy atom. The fraction of sp³-hybridized carbons (Fsp3) is 0.647. The number of piperazine rings is 3. The van der Waals surface area contributed by atoms with Crippen LogP contribution in [-0.4, -0.2) is 62.7 Å². The third-order valence-electron chi connectivity index (χ3n) is 5.04. The van der Waals surface area contributed by atoms with Crippen molar-refractivity contribution in [1.29, 1.82) is 0 Å². The molecule has 4 rings (SSSR count). The Morgan fingerprint density at radius 3 is 2.43 bits per heavy atom. The van der Waals surface area contributed by atoms with Gasteiger partial charge in [-0.2, -0.15) is 0 Å². The van der Waals surface area contributed by atoms with Gasteiger partial charge in [0.25, 0.3) is 0 Å². The molecule has 0 amide bonds. The molecule has 1 aromatic carbocycles. The standard InChI is InChI=1S/C17H27N3O/c1-12-9-13(2)16(15(10-12)21-4)17(18-3)14-11-19-5-7-20(14)8-6-19/h9-10,14,17-18H,5-8,11H2,1-4H3. The summed E-state index contributed by atoms with van der Waals surface area (Å²) in [5.74, 6) is 1.02. The van der Waals surface area contributed by atoms with Crippen molar-refractivity contribution < 1.29 is 4.74 Å². The molecular weight excluding hydrogens is 262 g/mol. The molecule has 0 aliphatic carbocycles. The lowest BCUT2D eigenvalue weighted by molar-refractivity contribution is -0.00294. The fourth-order valence-electron chi connectivity index (χ4n) is 4.01. The Balaban J connectivity index is 1.97. The van der Waals surface area contributed by atoms with Crippen molar-refractivity contribution in [3.63, 3.8) is 0 Å². The number of nitrogens with one attached hydrogen (secondary N) is 1. The van der Waals surface area contributed by atoms with Gasteiger partial charge in [-0.25, -0.2) is 0 Å². The molecule has 1 aromatic rings. The molecule has 3 fully saturated rings. The molecule has 4 heteroatoms. The second-order valence-corrected chi connectivity index (χ2v) is 6.37. The maximum atomic E-state index is 5.69. The quantitative estimate of drug-likeness (QED) is 0.911. The topological polar surface area (TPSA) is 27.7 Å². The highest BCUT2D eigenvalue weighted by molar-refractivity contribution is 5.46. The zero-order valence-corrected chi connectivity index (χ0v) is 13.6. The number of rotatable bonds is 4. The molecule has 2 bridgehead atoms. The molecule has 2 atom stereocenters. The van der Waals surface area contributed by atoms with E-state index in [-0.39, 0.29) is 0 Å². The molecule has 21 heavy (non-hydrogen) atoms. The molecule has 2 unspecified atom stereocenters. The van der Waals surface area contributed by atoms with E-state index in [4.69, 9.17) is 4.74 Å². The summed E-state index contributed by atoms with van der Waals surface area (Å²) in [6, 6.07) is 5.28. The molecule has 0 spiro atoms. The molecule has 0 radical (unpaired) electrons. The van der Waals surface area contributed by atoms with E-state index in [1.54, 1.807) is 7.11 Å². The Morgan fingerprint density at radius 1 is 1.19 bits per heavy atom. The minimum atomic E-state index is 0.323. The van der Waals surface area contributed by atoms with Crippen molar-refractivity contribution in [3.05, 3.63) is 28.8 Å². The maximum Gasteiger partial charge on any atom is 0.124 e. The third-order valence-corrected chi connectivity index (χ3v) is 5.04. The number of nitrogens with zero attached hydrogens (tertiary/aromatic N) is 2. The molecule has 0 saturated carbocycles. The molecule has 3 aliphatic rings. The van der Waals surface area contributed by atoms with Crippen molar-refractivity contribution in [3.8, 4) is 5.75 Å². The van der Waals surface area contributed by atoms with Crippen LogP contribution in [0.3, 0.4) is 0 Å². The maximum absolute atomic E-state index is 5.69. The second kappa shape index (κ2) is 5.95. The molecule has 0 aromatic heterocycles. The summed E-state index contributed by atoms with van der Waals surface area (Å²) < 4.78 is 5.69. The molecule has 1 N–H and O–H groups in total. The van der Waals surface area contributed by atoms with Crippen LogP contribution < -0.4 is 10.1 Å². The first kappa shape index (κ1) is 14.8. The number of fused-ring (bicyclic) bond motifs is 3. The van der Waals surface area contributed by atoms with Gasteiger partial charge in [-0.15, -0.1) is 0 Å². The number of hydrogen-bond donors (Lipinski definition) is 1. The van der Waals surface area contributed by atoms with Crippen molar-refractivity contribution in [2.75, 3.05) is 46.9 Å². The van der Waals surface area contributed by atoms with E-state index in [9.17, 15) is 0 Å². The van der Waals surface area contributed by atoms with Crippen LogP contribution in [-0.2, 0) is 0 Å². The van der Waals surface area contributed by atoms with Crippen LogP contribution in [0.4, 0.5) is 0 Å². The van der Waals surface area contributed by atoms with Gasteiger partial charge >= 0.3 is 0 Å². The Bertz CT molecular complexity index is 509. The van der Waals surface area contributed by atoms with E-state index in [0.717, 1.165) is 12.3 Å². The highest BCUT2D eigenvalue weighted by Gasteiger charge is 2.38. The van der Waals surface area contributed by atoms with Gasteiger partial charge in [-0.1, -0.05) is 6.07 Å². The van der Waals surface area contributed by atoms with Crippen LogP contribution in [0.25, 0.3) is 0 Å². The Labute approximate surface area is 128 Å².